The van der Waals surface area contributed by atoms with Crippen molar-refractivity contribution in [3.8, 4) is 80.0 Å². The number of aliphatic hydroxyl groups is 11. The summed E-state index contributed by atoms with van der Waals surface area (Å²) in [6.45, 7) is -2.05. The van der Waals surface area contributed by atoms with Crippen LogP contribution in [-0.4, -0.2) is 253 Å². The van der Waals surface area contributed by atoms with E-state index in [-0.39, 0.29) is 34.0 Å². The van der Waals surface area contributed by atoms with Gasteiger partial charge in [-0.3, -0.25) is 24.0 Å². The minimum Gasteiger partial charge on any atom is -0.508 e. The number of hydrogen-bond donors (Lipinski definition) is 17. The average molecular weight is 1350 g/mol. The molecule has 36 heteroatoms. The van der Waals surface area contributed by atoms with Crippen LogP contribution >= 0.6 is 0 Å². The Morgan fingerprint density at radius 2 is 1.16 bits per heavy atom. The lowest BCUT2D eigenvalue weighted by molar-refractivity contribution is -0.358. The molecule has 0 bridgehead atoms. The van der Waals surface area contributed by atoms with E-state index in [1.54, 1.807) is 0 Å². The van der Waals surface area contributed by atoms with Gasteiger partial charge in [-0.1, -0.05) is 0 Å². The second-order valence-electron chi connectivity index (χ2n) is 22.0. The number of carbonyl (C=O) groups is 4. The highest BCUT2D eigenvalue weighted by Gasteiger charge is 2.54. The maximum atomic E-state index is 14.7. The molecule has 6 heterocycles. The summed E-state index contributed by atoms with van der Waals surface area (Å²) >= 11 is 0. The number of carboxylic acids is 1. The van der Waals surface area contributed by atoms with E-state index in [1.807, 2.05) is 0 Å². The number of aliphatic hydroxyl groups excluding tert-OH is 11. The summed E-state index contributed by atoms with van der Waals surface area (Å²) < 4.78 is 73.5. The van der Waals surface area contributed by atoms with Crippen molar-refractivity contribution in [3.63, 3.8) is 0 Å². The van der Waals surface area contributed by atoms with Crippen LogP contribution in [0.1, 0.15) is 13.3 Å². The van der Waals surface area contributed by atoms with E-state index in [4.69, 9.17) is 60.9 Å². The Balaban J connectivity index is 0.889. The van der Waals surface area contributed by atoms with Crippen LogP contribution < -0.4 is 25.1 Å². The first-order chi connectivity index (χ1) is 45.0. The van der Waals surface area contributed by atoms with Crippen LogP contribution in [0.2, 0.25) is 0 Å². The van der Waals surface area contributed by atoms with Crippen molar-refractivity contribution in [1.82, 2.24) is 0 Å². The third-order valence-electron chi connectivity index (χ3n) is 15.5. The number of hydrogen-bond acceptors (Lipinski definition) is 35. The topological polar surface area (TPSA) is 574 Å². The van der Waals surface area contributed by atoms with Crippen LogP contribution in [0.3, 0.4) is 0 Å². The van der Waals surface area contributed by atoms with Crippen molar-refractivity contribution in [3.05, 3.63) is 93.2 Å². The summed E-state index contributed by atoms with van der Waals surface area (Å²) in [6, 6.07) is 12.4. The molecule has 1 aromatic heterocycles. The Hall–Kier alpha value is -9.06. The van der Waals surface area contributed by atoms with Gasteiger partial charge in [-0.05, 0) is 48.5 Å². The molecule has 4 saturated heterocycles. The van der Waals surface area contributed by atoms with Gasteiger partial charge < -0.3 is 148 Å². The van der Waals surface area contributed by atoms with Gasteiger partial charge in [0.15, 0.2) is 71.0 Å². The first-order valence-electron chi connectivity index (χ1n) is 28.4. The van der Waals surface area contributed by atoms with Gasteiger partial charge in [0.05, 0.1) is 18.8 Å². The molecule has 36 nitrogen and oxygen atoms in total. The molecule has 0 radical (unpaired) electrons. The van der Waals surface area contributed by atoms with E-state index in [9.17, 15) is 116 Å². The van der Waals surface area contributed by atoms with Crippen molar-refractivity contribution in [2.45, 2.75) is 136 Å². The molecule has 4 fully saturated rings. The monoisotopic (exact) mass is 1340 g/mol. The Kier molecular flexibility index (Phi) is 20.3. The van der Waals surface area contributed by atoms with Gasteiger partial charge in [0.1, 0.15) is 120 Å². The van der Waals surface area contributed by atoms with E-state index < -0.39 is 241 Å². The highest BCUT2D eigenvalue weighted by atomic mass is 16.8. The molecule has 95 heavy (non-hydrogen) atoms. The van der Waals surface area contributed by atoms with E-state index in [1.165, 1.54) is 18.2 Å². The molecule has 10 rings (SSSR count). The Labute approximate surface area is 529 Å². The molecule has 0 spiro atoms. The fraction of sp³-hybridized carbons (Fsp3) is 0.424. The third-order valence-corrected chi connectivity index (χ3v) is 15.5. The van der Waals surface area contributed by atoms with E-state index >= 15 is 0 Å². The maximum Gasteiger partial charge on any atom is 0.335 e. The predicted octanol–water partition coefficient (Wildman–Crippen LogP) is -4.07. The predicted molar refractivity (Wildman–Crippen MR) is 302 cm³/mol. The van der Waals surface area contributed by atoms with Crippen molar-refractivity contribution in [1.29, 1.82) is 0 Å². The molecule has 1 aliphatic carbocycles. The zero-order valence-electron chi connectivity index (χ0n) is 48.7. The van der Waals surface area contributed by atoms with E-state index in [0.717, 1.165) is 55.5 Å². The van der Waals surface area contributed by atoms with Gasteiger partial charge in [-0.15, -0.1) is 0 Å². The normalized spacial score (nSPS) is 30.9. The minimum atomic E-state index is -2.43. The third kappa shape index (κ3) is 14.2. The number of phenols is 5. The number of aromatic hydroxyl groups is 5. The van der Waals surface area contributed by atoms with Gasteiger partial charge in [0, 0.05) is 42.3 Å². The van der Waals surface area contributed by atoms with Crippen molar-refractivity contribution in [2.75, 3.05) is 19.8 Å². The number of carboxylic acid groups (broad SMARTS) is 1. The molecule has 0 saturated carbocycles. The lowest BCUT2D eigenvalue weighted by Crippen LogP contribution is -2.65. The summed E-state index contributed by atoms with van der Waals surface area (Å²) in [5.74, 6) is -12.3. The number of ether oxygens (including phenoxy) is 11. The molecule has 17 N–H and O–H groups in total. The zero-order valence-corrected chi connectivity index (χ0v) is 48.7. The molecule has 20 atom stereocenters. The summed E-state index contributed by atoms with van der Waals surface area (Å²) in [5.41, 5.74) is -2.85. The molecule has 5 aliphatic heterocycles. The Morgan fingerprint density at radius 1 is 0.516 bits per heavy atom. The second kappa shape index (κ2) is 28.1. The molecule has 512 valence electrons. The standard InChI is InChI=1S/C59H60O36/c1-18(62)84-50-40(73)34(91-57(47(50)80)88-31-13-24-26(66)9-22(64)10-29(24)86-48(31)20-4-7-25(65)27(67)8-20)17-83-35(69)14-36(70)92-53-45(78)44(77)52(55(81)82)94-58(53)85-23-11-28(68)37-30(12-23)87-49(19-2-5-21(63)6-3-19)51(41(37)74)93-59-54(43(76)39(72)33(16-61)90-59)95-56-46(79)42(75)38(71)32(15-60)89-56/h2-13,32-34,38-40,42-47,50,52-54,56-61,63,65-68,71-73,75-80H,14-17H2,1H3,(H,81,82). The lowest BCUT2D eigenvalue weighted by Gasteiger charge is -2.45. The van der Waals surface area contributed by atoms with Crippen molar-refractivity contribution >= 4 is 34.8 Å². The molecular formula is C59H60O36. The van der Waals surface area contributed by atoms with Crippen LogP contribution in [0, 0.1) is 0 Å². The highest BCUT2D eigenvalue weighted by Crippen LogP contribution is 2.45. The molecule has 6 aliphatic rings. The SMILES string of the molecule is CC(=O)OC1C(O)C(COC(=O)CC(=O)OC2C(Oc3cc(O)c4c(=O)c(OC5OC(CO)C(O)C(O)C5OC5OC(CO)C(O)C(O)C5O)c(-c5ccc(O)cc5)oc4c3)OC(C(=O)O)C(O)C2O)OC(Oc2cc3c(O)cc(=O)cc-3oc2-c2ccc(O)c(O)c2)C1O. The van der Waals surface area contributed by atoms with Gasteiger partial charge in [-0.25, -0.2) is 4.79 Å². The van der Waals surface area contributed by atoms with Crippen LogP contribution in [0.25, 0.3) is 44.9 Å². The lowest BCUT2D eigenvalue weighted by atomic mass is 9.97. The largest absolute Gasteiger partial charge is 0.508 e. The summed E-state index contributed by atoms with van der Waals surface area (Å²) in [7, 11) is 0. The fourth-order valence-corrected chi connectivity index (χ4v) is 10.6. The van der Waals surface area contributed by atoms with Crippen LogP contribution in [0.5, 0.6) is 46.0 Å². The molecule has 3 aromatic carbocycles. The zero-order chi connectivity index (χ0) is 68.8. The fourth-order valence-electron chi connectivity index (χ4n) is 10.6. The van der Waals surface area contributed by atoms with E-state index in [2.05, 4.69) is 0 Å². The maximum absolute atomic E-state index is 14.7. The van der Waals surface area contributed by atoms with Crippen LogP contribution in [-0.2, 0) is 57.1 Å². The number of esters is 3. The van der Waals surface area contributed by atoms with Gasteiger partial charge in [-0.2, -0.15) is 0 Å². The quantitative estimate of drug-likeness (QED) is 0.0159. The first kappa shape index (κ1) is 68.8. The van der Waals surface area contributed by atoms with Crippen molar-refractivity contribution in [2.24, 2.45) is 0 Å². The Morgan fingerprint density at radius 3 is 1.82 bits per heavy atom. The minimum absolute atomic E-state index is 0.0253. The highest BCUT2D eigenvalue weighted by molar-refractivity contribution is 5.91. The molecule has 20 unspecified atom stereocenters. The van der Waals surface area contributed by atoms with Crippen molar-refractivity contribution < 1.29 is 167 Å². The number of rotatable bonds is 19. The first-order valence-corrected chi connectivity index (χ1v) is 28.4. The second-order valence-corrected chi connectivity index (χ2v) is 22.0. The summed E-state index contributed by atoms with van der Waals surface area (Å²) in [4.78, 5) is 78.5. The van der Waals surface area contributed by atoms with Gasteiger partial charge >= 0.3 is 23.9 Å². The summed E-state index contributed by atoms with van der Waals surface area (Å²) in [6.07, 6.45) is -42.7. The molecule has 0 amide bonds. The number of benzene rings is 4. The smallest absolute Gasteiger partial charge is 0.335 e. The van der Waals surface area contributed by atoms with Gasteiger partial charge in [0.25, 0.3) is 0 Å². The molecular weight excluding hydrogens is 1280 g/mol. The average Bonchev–Trinajstić information content (AvgIpc) is 0.764. The van der Waals surface area contributed by atoms with E-state index in [0.29, 0.717) is 6.07 Å². The number of carbonyl (C=O) groups excluding carboxylic acids is 3. The number of aliphatic carboxylic acids is 1. The Bertz CT molecular complexity index is 3890. The summed E-state index contributed by atoms with van der Waals surface area (Å²) in [5, 5.41) is 180. The van der Waals surface area contributed by atoms with Crippen LogP contribution in [0.15, 0.2) is 91.2 Å². The number of fused-ring (bicyclic) bond motifs is 2. The number of phenolic OH excluding ortho intramolecular Hbond substituents is 5. The van der Waals surface area contributed by atoms with Crippen LogP contribution in [0.4, 0.5) is 0 Å². The molecule has 4 aromatic rings. The van der Waals surface area contributed by atoms with Gasteiger partial charge in [0.2, 0.25) is 30.0 Å².